The first-order chi connectivity index (χ1) is 6.63. The van der Waals surface area contributed by atoms with Crippen LogP contribution in [0, 0.1) is 0 Å². The quantitative estimate of drug-likeness (QED) is 0.365. The largest absolute Gasteiger partial charge is 0.508 e. The maximum Gasteiger partial charge on any atom is 0.274 e. The number of aromatic hydroxyl groups is 1. The number of ether oxygens (including phenoxy) is 1. The van der Waals surface area contributed by atoms with Crippen molar-refractivity contribution in [3.63, 3.8) is 0 Å². The Morgan fingerprint density at radius 3 is 2.57 bits per heavy atom. The van der Waals surface area contributed by atoms with Crippen LogP contribution in [0.5, 0.6) is 11.5 Å². The van der Waals surface area contributed by atoms with Gasteiger partial charge in [-0.1, -0.05) is 0 Å². The van der Waals surface area contributed by atoms with Crippen molar-refractivity contribution in [3.05, 3.63) is 24.3 Å². The number of nitrogens with one attached hydrogen (secondary N) is 1. The Morgan fingerprint density at radius 1 is 1.50 bits per heavy atom. The number of hydrogen-bond donors (Lipinski definition) is 3. The molecule has 0 bridgehead atoms. The van der Waals surface area contributed by atoms with Crippen molar-refractivity contribution in [1.29, 1.82) is 0 Å². The summed E-state index contributed by atoms with van der Waals surface area (Å²) < 4.78 is 5.22. The third-order valence-electron chi connectivity index (χ3n) is 1.66. The van der Waals surface area contributed by atoms with Crippen LogP contribution in [0.2, 0.25) is 0 Å². The fourth-order valence-electron chi connectivity index (χ4n) is 0.900. The molecular weight excluding hydrogens is 184 g/mol. The Labute approximate surface area is 81.5 Å². The van der Waals surface area contributed by atoms with E-state index in [0.717, 1.165) is 0 Å². The Kier molecular flexibility index (Phi) is 3.30. The SMILES string of the molecule is C[C@H](Oc1ccc(O)cc1)C(=O)NN. The number of rotatable bonds is 3. The molecule has 14 heavy (non-hydrogen) atoms. The highest BCUT2D eigenvalue weighted by molar-refractivity contribution is 5.80. The van der Waals surface area contributed by atoms with Crippen molar-refractivity contribution >= 4 is 5.91 Å². The van der Waals surface area contributed by atoms with Crippen molar-refractivity contribution in [2.45, 2.75) is 13.0 Å². The maximum absolute atomic E-state index is 11.0. The van der Waals surface area contributed by atoms with Crippen LogP contribution in [0.1, 0.15) is 6.92 Å². The average Bonchev–Trinajstić information content (AvgIpc) is 2.20. The van der Waals surface area contributed by atoms with Gasteiger partial charge in [0.1, 0.15) is 11.5 Å². The molecule has 0 aromatic heterocycles. The van der Waals surface area contributed by atoms with Gasteiger partial charge in [-0.25, -0.2) is 5.84 Å². The first-order valence-corrected chi connectivity index (χ1v) is 4.09. The van der Waals surface area contributed by atoms with Crippen LogP contribution in [-0.4, -0.2) is 17.1 Å². The maximum atomic E-state index is 11.0. The summed E-state index contributed by atoms with van der Waals surface area (Å²) in [6.45, 7) is 1.58. The summed E-state index contributed by atoms with van der Waals surface area (Å²) in [7, 11) is 0. The molecule has 0 saturated heterocycles. The number of hydrogen-bond acceptors (Lipinski definition) is 4. The zero-order valence-electron chi connectivity index (χ0n) is 7.73. The molecule has 0 fully saturated rings. The number of nitrogens with two attached hydrogens (primary N) is 1. The van der Waals surface area contributed by atoms with Gasteiger partial charge in [0, 0.05) is 0 Å². The zero-order valence-corrected chi connectivity index (χ0v) is 7.73. The van der Waals surface area contributed by atoms with Crippen molar-refractivity contribution in [3.8, 4) is 11.5 Å². The molecule has 1 amide bonds. The molecular formula is C9H12N2O3. The monoisotopic (exact) mass is 196 g/mol. The molecule has 0 spiro atoms. The molecule has 0 aliphatic carbocycles. The number of phenolic OH excluding ortho intramolecular Hbond substituents is 1. The van der Waals surface area contributed by atoms with Gasteiger partial charge in [0.15, 0.2) is 6.10 Å². The number of amides is 1. The highest BCUT2D eigenvalue weighted by atomic mass is 16.5. The van der Waals surface area contributed by atoms with Gasteiger partial charge in [-0.3, -0.25) is 10.2 Å². The smallest absolute Gasteiger partial charge is 0.274 e. The first kappa shape index (κ1) is 10.3. The van der Waals surface area contributed by atoms with Crippen molar-refractivity contribution in [1.82, 2.24) is 5.43 Å². The lowest BCUT2D eigenvalue weighted by Crippen LogP contribution is -2.40. The van der Waals surface area contributed by atoms with E-state index in [1.54, 1.807) is 19.1 Å². The minimum atomic E-state index is -0.662. The Bertz CT molecular complexity index is 310. The minimum absolute atomic E-state index is 0.147. The molecule has 1 aromatic rings. The summed E-state index contributed by atoms with van der Waals surface area (Å²) in [5.74, 6) is 5.17. The van der Waals surface area contributed by atoms with Crippen LogP contribution in [0.25, 0.3) is 0 Å². The van der Waals surface area contributed by atoms with Crippen molar-refractivity contribution in [2.24, 2.45) is 5.84 Å². The van der Waals surface area contributed by atoms with E-state index in [1.165, 1.54) is 12.1 Å². The molecule has 0 heterocycles. The van der Waals surface area contributed by atoms with E-state index >= 15 is 0 Å². The second-order valence-electron chi connectivity index (χ2n) is 2.76. The summed E-state index contributed by atoms with van der Waals surface area (Å²) in [6.07, 6.45) is -0.662. The lowest BCUT2D eigenvalue weighted by molar-refractivity contribution is -0.127. The third-order valence-corrected chi connectivity index (χ3v) is 1.66. The predicted octanol–water partition coefficient (Wildman–Crippen LogP) is 0.149. The molecule has 0 radical (unpaired) electrons. The molecule has 0 saturated carbocycles. The lowest BCUT2D eigenvalue weighted by Gasteiger charge is -2.12. The number of phenols is 1. The molecule has 1 atom stereocenters. The van der Waals surface area contributed by atoms with Crippen LogP contribution in [-0.2, 0) is 4.79 Å². The topological polar surface area (TPSA) is 84.6 Å². The molecule has 1 rings (SSSR count). The number of benzene rings is 1. The van der Waals surface area contributed by atoms with Crippen LogP contribution >= 0.6 is 0 Å². The van der Waals surface area contributed by atoms with Gasteiger partial charge in [-0.15, -0.1) is 0 Å². The van der Waals surface area contributed by atoms with Crippen LogP contribution in [0.4, 0.5) is 0 Å². The van der Waals surface area contributed by atoms with E-state index in [4.69, 9.17) is 15.7 Å². The summed E-state index contributed by atoms with van der Waals surface area (Å²) in [5, 5.41) is 8.99. The Balaban J connectivity index is 2.60. The van der Waals surface area contributed by atoms with Gasteiger partial charge in [-0.05, 0) is 31.2 Å². The zero-order chi connectivity index (χ0) is 10.6. The highest BCUT2D eigenvalue weighted by Crippen LogP contribution is 2.16. The van der Waals surface area contributed by atoms with Gasteiger partial charge in [0.05, 0.1) is 0 Å². The molecule has 1 aromatic carbocycles. The molecule has 0 unspecified atom stereocenters. The predicted molar refractivity (Wildman–Crippen MR) is 50.5 cm³/mol. The molecule has 5 nitrogen and oxygen atoms in total. The normalized spacial score (nSPS) is 11.9. The standard InChI is InChI=1S/C9H12N2O3/c1-6(9(13)11-10)14-8-4-2-7(12)3-5-8/h2-6,12H,10H2,1H3,(H,11,13)/t6-/m0/s1. The molecule has 5 heteroatoms. The number of carbonyl (C=O) groups excluding carboxylic acids is 1. The third kappa shape index (κ3) is 2.63. The summed E-state index contributed by atoms with van der Waals surface area (Å²) in [4.78, 5) is 11.0. The molecule has 0 aliphatic heterocycles. The number of carbonyl (C=O) groups is 1. The lowest BCUT2D eigenvalue weighted by atomic mass is 10.3. The van der Waals surface area contributed by atoms with Crippen LogP contribution < -0.4 is 16.0 Å². The van der Waals surface area contributed by atoms with E-state index in [1.807, 2.05) is 5.43 Å². The molecule has 4 N–H and O–H groups in total. The summed E-state index contributed by atoms with van der Waals surface area (Å²) >= 11 is 0. The second kappa shape index (κ2) is 4.48. The second-order valence-corrected chi connectivity index (χ2v) is 2.76. The van der Waals surface area contributed by atoms with E-state index < -0.39 is 12.0 Å². The van der Waals surface area contributed by atoms with E-state index in [2.05, 4.69) is 0 Å². The van der Waals surface area contributed by atoms with Gasteiger partial charge < -0.3 is 9.84 Å². The van der Waals surface area contributed by atoms with Gasteiger partial charge in [0.2, 0.25) is 0 Å². The first-order valence-electron chi connectivity index (χ1n) is 4.09. The fraction of sp³-hybridized carbons (Fsp3) is 0.222. The van der Waals surface area contributed by atoms with Crippen molar-refractivity contribution in [2.75, 3.05) is 0 Å². The van der Waals surface area contributed by atoms with Gasteiger partial charge in [-0.2, -0.15) is 0 Å². The van der Waals surface area contributed by atoms with E-state index in [9.17, 15) is 4.79 Å². The van der Waals surface area contributed by atoms with Gasteiger partial charge in [0.25, 0.3) is 5.91 Å². The Hall–Kier alpha value is -1.75. The van der Waals surface area contributed by atoms with Crippen LogP contribution in [0.3, 0.4) is 0 Å². The van der Waals surface area contributed by atoms with Crippen molar-refractivity contribution < 1.29 is 14.6 Å². The highest BCUT2D eigenvalue weighted by Gasteiger charge is 2.12. The van der Waals surface area contributed by atoms with E-state index in [0.29, 0.717) is 5.75 Å². The Morgan fingerprint density at radius 2 is 2.07 bits per heavy atom. The summed E-state index contributed by atoms with van der Waals surface area (Å²) in [6, 6.07) is 6.08. The average molecular weight is 196 g/mol. The number of hydrazine groups is 1. The van der Waals surface area contributed by atoms with Crippen LogP contribution in [0.15, 0.2) is 24.3 Å². The minimum Gasteiger partial charge on any atom is -0.508 e. The fourth-order valence-corrected chi connectivity index (χ4v) is 0.900. The molecule has 76 valence electrons. The summed E-state index contributed by atoms with van der Waals surface area (Å²) in [5.41, 5.74) is 1.98. The van der Waals surface area contributed by atoms with E-state index in [-0.39, 0.29) is 5.75 Å². The van der Waals surface area contributed by atoms with Gasteiger partial charge >= 0.3 is 0 Å². The molecule has 0 aliphatic rings.